The first-order chi connectivity index (χ1) is 12.8. The van der Waals surface area contributed by atoms with Crippen LogP contribution in [0.25, 0.3) is 0 Å². The van der Waals surface area contributed by atoms with Crippen molar-refractivity contribution in [3.05, 3.63) is 58.4 Å². The van der Waals surface area contributed by atoms with Gasteiger partial charge >= 0.3 is 5.97 Å². The summed E-state index contributed by atoms with van der Waals surface area (Å²) in [7, 11) is 2.84. The van der Waals surface area contributed by atoms with Crippen LogP contribution in [0.2, 0.25) is 5.02 Å². The lowest BCUT2D eigenvalue weighted by Gasteiger charge is -2.15. The first kappa shape index (κ1) is 20.5. The maximum Gasteiger partial charge on any atom is 0.339 e. The summed E-state index contributed by atoms with van der Waals surface area (Å²) in [6.07, 6.45) is -1.04. The van der Waals surface area contributed by atoms with Gasteiger partial charge in [-0.05, 0) is 36.8 Å². The fourth-order valence-corrected chi connectivity index (χ4v) is 2.54. The lowest BCUT2D eigenvalue weighted by Crippen LogP contribution is -2.35. The molecule has 1 atom stereocenters. The van der Waals surface area contributed by atoms with E-state index in [0.717, 1.165) is 5.56 Å². The van der Waals surface area contributed by atoms with E-state index >= 15 is 0 Å². The second-order valence-electron chi connectivity index (χ2n) is 5.59. The van der Waals surface area contributed by atoms with Crippen LogP contribution in [0.1, 0.15) is 22.8 Å². The minimum atomic E-state index is -1.04. The molecule has 6 nitrogen and oxygen atoms in total. The topological polar surface area (TPSA) is 73.9 Å². The number of carbonyl (C=O) groups is 2. The highest BCUT2D eigenvalue weighted by Gasteiger charge is 2.21. The van der Waals surface area contributed by atoms with Gasteiger partial charge in [-0.15, -0.1) is 0 Å². The van der Waals surface area contributed by atoms with Crippen LogP contribution in [0.4, 0.5) is 4.39 Å². The molecule has 0 saturated carbocycles. The Morgan fingerprint density at radius 3 is 2.41 bits per heavy atom. The molecule has 2 rings (SSSR count). The third kappa shape index (κ3) is 5.34. The molecule has 0 bridgehead atoms. The van der Waals surface area contributed by atoms with Crippen molar-refractivity contribution in [3.63, 3.8) is 0 Å². The van der Waals surface area contributed by atoms with Crippen LogP contribution in [-0.2, 0) is 16.1 Å². The zero-order valence-corrected chi connectivity index (χ0v) is 15.8. The van der Waals surface area contributed by atoms with E-state index in [0.29, 0.717) is 5.75 Å². The van der Waals surface area contributed by atoms with Crippen molar-refractivity contribution in [3.8, 4) is 11.5 Å². The van der Waals surface area contributed by atoms with Gasteiger partial charge in [0.1, 0.15) is 5.82 Å². The van der Waals surface area contributed by atoms with Gasteiger partial charge in [-0.25, -0.2) is 9.18 Å². The summed E-state index contributed by atoms with van der Waals surface area (Å²) < 4.78 is 28.3. The molecular weight excluding hydrogens is 377 g/mol. The first-order valence-corrected chi connectivity index (χ1v) is 8.38. The van der Waals surface area contributed by atoms with Crippen molar-refractivity contribution < 1.29 is 28.2 Å². The molecule has 0 saturated heterocycles. The molecule has 2 aromatic rings. The molecule has 0 unspecified atom stereocenters. The minimum absolute atomic E-state index is 0.121. The Bertz CT molecular complexity index is 826. The summed E-state index contributed by atoms with van der Waals surface area (Å²) in [6.45, 7) is 1.63. The maximum atomic E-state index is 12.9. The van der Waals surface area contributed by atoms with Gasteiger partial charge in [0.05, 0.1) is 24.8 Å². The number of benzene rings is 2. The summed E-state index contributed by atoms with van der Waals surface area (Å²) in [5.74, 6) is -1.02. The Morgan fingerprint density at radius 1 is 1.15 bits per heavy atom. The number of halogens is 2. The molecule has 0 aliphatic heterocycles. The standard InChI is InChI=1S/C19H19ClFNO5/c1-11(18(23)22-10-12-4-6-14(21)7-5-12)27-19(24)13-8-15(20)17(26-3)16(9-13)25-2/h4-9,11H,10H2,1-3H3,(H,22,23)/t11-/m1/s1. The van der Waals surface area contributed by atoms with Gasteiger partial charge in [0, 0.05) is 6.54 Å². The zero-order chi connectivity index (χ0) is 20.0. The number of ether oxygens (including phenoxy) is 3. The molecule has 1 N–H and O–H groups in total. The minimum Gasteiger partial charge on any atom is -0.493 e. The molecule has 0 aromatic heterocycles. The van der Waals surface area contributed by atoms with Crippen LogP contribution >= 0.6 is 11.6 Å². The zero-order valence-electron chi connectivity index (χ0n) is 15.0. The monoisotopic (exact) mass is 395 g/mol. The summed E-state index contributed by atoms with van der Waals surface area (Å²) in [5, 5.41) is 2.80. The molecular formula is C19H19ClFNO5. The smallest absolute Gasteiger partial charge is 0.339 e. The van der Waals surface area contributed by atoms with Crippen molar-refractivity contribution in [2.45, 2.75) is 19.6 Å². The predicted octanol–water partition coefficient (Wildman–Crippen LogP) is 3.36. The third-order valence-corrected chi connectivity index (χ3v) is 3.98. The number of nitrogens with one attached hydrogen (secondary N) is 1. The van der Waals surface area contributed by atoms with E-state index in [4.69, 9.17) is 25.8 Å². The Balaban J connectivity index is 1.99. The number of rotatable bonds is 7. The van der Waals surface area contributed by atoms with Gasteiger partial charge in [0.25, 0.3) is 5.91 Å². The highest BCUT2D eigenvalue weighted by atomic mass is 35.5. The fourth-order valence-electron chi connectivity index (χ4n) is 2.25. The highest BCUT2D eigenvalue weighted by Crippen LogP contribution is 2.36. The first-order valence-electron chi connectivity index (χ1n) is 8.00. The van der Waals surface area contributed by atoms with Crippen molar-refractivity contribution in [2.75, 3.05) is 14.2 Å². The molecule has 0 heterocycles. The summed E-state index contributed by atoms with van der Waals surface area (Å²) in [6, 6.07) is 8.48. The van der Waals surface area contributed by atoms with Crippen molar-refractivity contribution >= 4 is 23.5 Å². The van der Waals surface area contributed by atoms with Gasteiger partial charge < -0.3 is 19.5 Å². The van der Waals surface area contributed by atoms with Gasteiger partial charge in [-0.1, -0.05) is 23.7 Å². The molecule has 2 aromatic carbocycles. The molecule has 0 aliphatic carbocycles. The Hall–Kier alpha value is -2.80. The van der Waals surface area contributed by atoms with Crippen LogP contribution < -0.4 is 14.8 Å². The molecule has 8 heteroatoms. The number of amides is 1. The largest absolute Gasteiger partial charge is 0.493 e. The van der Waals surface area contributed by atoms with Gasteiger partial charge in [-0.2, -0.15) is 0 Å². The molecule has 0 fully saturated rings. The highest BCUT2D eigenvalue weighted by molar-refractivity contribution is 6.32. The van der Waals surface area contributed by atoms with E-state index in [1.807, 2.05) is 0 Å². The van der Waals surface area contributed by atoms with Crippen LogP contribution in [0.5, 0.6) is 11.5 Å². The predicted molar refractivity (Wildman–Crippen MR) is 97.7 cm³/mol. The van der Waals surface area contributed by atoms with E-state index in [1.165, 1.54) is 45.4 Å². The van der Waals surface area contributed by atoms with E-state index in [1.54, 1.807) is 12.1 Å². The van der Waals surface area contributed by atoms with Crippen LogP contribution in [-0.4, -0.2) is 32.2 Å². The summed E-state index contributed by atoms with van der Waals surface area (Å²) >= 11 is 6.07. The quantitative estimate of drug-likeness (QED) is 0.728. The second kappa shape index (κ2) is 9.23. The second-order valence-corrected chi connectivity index (χ2v) is 5.99. The van der Waals surface area contributed by atoms with Crippen molar-refractivity contribution in [1.82, 2.24) is 5.32 Å². The fraction of sp³-hybridized carbons (Fsp3) is 0.263. The molecule has 27 heavy (non-hydrogen) atoms. The molecule has 1 amide bonds. The summed E-state index contributed by atoms with van der Waals surface area (Å²) in [4.78, 5) is 24.4. The van der Waals surface area contributed by atoms with Crippen LogP contribution in [0, 0.1) is 5.82 Å². The van der Waals surface area contributed by atoms with Crippen molar-refractivity contribution in [2.24, 2.45) is 0 Å². The molecule has 144 valence electrons. The van der Waals surface area contributed by atoms with Crippen LogP contribution in [0.3, 0.4) is 0 Å². The Morgan fingerprint density at radius 2 is 1.81 bits per heavy atom. The number of methoxy groups -OCH3 is 2. The van der Waals surface area contributed by atoms with Crippen molar-refractivity contribution in [1.29, 1.82) is 0 Å². The number of hydrogen-bond acceptors (Lipinski definition) is 5. The average molecular weight is 396 g/mol. The molecule has 0 aliphatic rings. The SMILES string of the molecule is COc1cc(C(=O)O[C@H](C)C(=O)NCc2ccc(F)cc2)cc(Cl)c1OC. The average Bonchev–Trinajstić information content (AvgIpc) is 2.66. The lowest BCUT2D eigenvalue weighted by molar-refractivity contribution is -0.129. The van der Waals surface area contributed by atoms with E-state index in [-0.39, 0.29) is 28.7 Å². The summed E-state index contributed by atoms with van der Waals surface area (Å²) in [5.41, 5.74) is 0.839. The van der Waals surface area contributed by atoms with E-state index in [2.05, 4.69) is 5.32 Å². The van der Waals surface area contributed by atoms with Gasteiger partial charge in [0.15, 0.2) is 17.6 Å². The lowest BCUT2D eigenvalue weighted by atomic mass is 10.2. The molecule has 0 spiro atoms. The van der Waals surface area contributed by atoms with Gasteiger partial charge in [-0.3, -0.25) is 4.79 Å². The third-order valence-electron chi connectivity index (χ3n) is 3.70. The van der Waals surface area contributed by atoms with Gasteiger partial charge in [0.2, 0.25) is 0 Å². The number of carbonyl (C=O) groups excluding carboxylic acids is 2. The number of esters is 1. The maximum absolute atomic E-state index is 12.9. The Kier molecular flexibility index (Phi) is 7.01. The normalized spacial score (nSPS) is 11.4. The van der Waals surface area contributed by atoms with Crippen LogP contribution in [0.15, 0.2) is 36.4 Å². The molecule has 0 radical (unpaired) electrons. The van der Waals surface area contributed by atoms with E-state index < -0.39 is 18.0 Å². The van der Waals surface area contributed by atoms with E-state index in [9.17, 15) is 14.0 Å². The number of hydrogen-bond donors (Lipinski definition) is 1. The Labute approximate surface area is 161 Å².